The van der Waals surface area contributed by atoms with Crippen molar-refractivity contribution in [2.75, 3.05) is 0 Å². The SMILES string of the molecule is CCc1cccc(OCc2c(Br)c(CC)nn2C)c1. The van der Waals surface area contributed by atoms with E-state index in [0.717, 1.165) is 34.5 Å². The van der Waals surface area contributed by atoms with Crippen LogP contribution in [0.3, 0.4) is 0 Å². The quantitative estimate of drug-likeness (QED) is 0.835. The van der Waals surface area contributed by atoms with Crippen molar-refractivity contribution in [2.45, 2.75) is 33.3 Å². The van der Waals surface area contributed by atoms with Gasteiger partial charge in [-0.05, 0) is 46.5 Å². The molecule has 3 nitrogen and oxygen atoms in total. The molecule has 0 N–H and O–H groups in total. The van der Waals surface area contributed by atoms with Crippen LogP contribution in [0.15, 0.2) is 28.7 Å². The van der Waals surface area contributed by atoms with Crippen molar-refractivity contribution in [3.05, 3.63) is 45.7 Å². The average molecular weight is 323 g/mol. The molecule has 0 unspecified atom stereocenters. The summed E-state index contributed by atoms with van der Waals surface area (Å²) >= 11 is 3.60. The standard InChI is InChI=1S/C15H19BrN2O/c1-4-11-7-6-8-12(9-11)19-10-14-15(16)13(5-2)17-18(14)3/h6-9H,4-5,10H2,1-3H3. The van der Waals surface area contributed by atoms with Crippen LogP contribution < -0.4 is 4.74 Å². The number of benzene rings is 1. The monoisotopic (exact) mass is 322 g/mol. The largest absolute Gasteiger partial charge is 0.487 e. The molecule has 1 aromatic heterocycles. The molecule has 0 saturated carbocycles. The van der Waals surface area contributed by atoms with Gasteiger partial charge in [-0.15, -0.1) is 0 Å². The highest BCUT2D eigenvalue weighted by molar-refractivity contribution is 9.10. The van der Waals surface area contributed by atoms with Crippen molar-refractivity contribution < 1.29 is 4.74 Å². The summed E-state index contributed by atoms with van der Waals surface area (Å²) < 4.78 is 8.80. The second kappa shape index (κ2) is 6.24. The first-order valence-corrected chi connectivity index (χ1v) is 7.37. The molecule has 102 valence electrons. The number of hydrogen-bond acceptors (Lipinski definition) is 2. The third kappa shape index (κ3) is 3.18. The highest BCUT2D eigenvalue weighted by Crippen LogP contribution is 2.23. The van der Waals surface area contributed by atoms with E-state index in [-0.39, 0.29) is 0 Å². The number of halogens is 1. The van der Waals surface area contributed by atoms with Crippen molar-refractivity contribution in [2.24, 2.45) is 7.05 Å². The van der Waals surface area contributed by atoms with Crippen LogP contribution in [-0.2, 0) is 26.5 Å². The number of hydrogen-bond donors (Lipinski definition) is 0. The van der Waals surface area contributed by atoms with Crippen LogP contribution in [0.5, 0.6) is 5.75 Å². The van der Waals surface area contributed by atoms with E-state index in [1.807, 2.05) is 23.9 Å². The van der Waals surface area contributed by atoms with Crippen LogP contribution in [0.1, 0.15) is 30.8 Å². The van der Waals surface area contributed by atoms with Gasteiger partial charge in [0.2, 0.25) is 0 Å². The fraction of sp³-hybridized carbons (Fsp3) is 0.400. The molecule has 0 aliphatic rings. The van der Waals surface area contributed by atoms with Gasteiger partial charge in [-0.25, -0.2) is 0 Å². The van der Waals surface area contributed by atoms with Crippen molar-refractivity contribution in [1.82, 2.24) is 9.78 Å². The number of aromatic nitrogens is 2. The van der Waals surface area contributed by atoms with Crippen molar-refractivity contribution in [3.63, 3.8) is 0 Å². The Hall–Kier alpha value is -1.29. The molecule has 2 rings (SSSR count). The maximum atomic E-state index is 5.86. The van der Waals surface area contributed by atoms with Crippen molar-refractivity contribution in [3.8, 4) is 5.75 Å². The smallest absolute Gasteiger partial charge is 0.131 e. The minimum atomic E-state index is 0.525. The zero-order valence-electron chi connectivity index (χ0n) is 11.6. The minimum absolute atomic E-state index is 0.525. The Bertz CT molecular complexity index is 563. The Morgan fingerprint density at radius 2 is 2.05 bits per heavy atom. The lowest BCUT2D eigenvalue weighted by atomic mass is 10.2. The van der Waals surface area contributed by atoms with Crippen LogP contribution in [0.4, 0.5) is 0 Å². The van der Waals surface area contributed by atoms with E-state index in [0.29, 0.717) is 6.61 Å². The molecule has 0 aliphatic carbocycles. The van der Waals surface area contributed by atoms with Gasteiger partial charge < -0.3 is 4.74 Å². The highest BCUT2D eigenvalue weighted by atomic mass is 79.9. The van der Waals surface area contributed by atoms with E-state index in [9.17, 15) is 0 Å². The molecule has 0 radical (unpaired) electrons. The topological polar surface area (TPSA) is 27.1 Å². The molecule has 2 aromatic rings. The third-order valence-electron chi connectivity index (χ3n) is 3.19. The van der Waals surface area contributed by atoms with Gasteiger partial charge in [-0.2, -0.15) is 5.10 Å². The molecule has 19 heavy (non-hydrogen) atoms. The minimum Gasteiger partial charge on any atom is -0.487 e. The summed E-state index contributed by atoms with van der Waals surface area (Å²) in [5.74, 6) is 0.908. The summed E-state index contributed by atoms with van der Waals surface area (Å²) in [5.41, 5.74) is 3.43. The van der Waals surface area contributed by atoms with Gasteiger partial charge in [0, 0.05) is 7.05 Å². The number of rotatable bonds is 5. The Kier molecular flexibility index (Phi) is 4.64. The molecule has 0 bridgehead atoms. The predicted octanol–water partition coefficient (Wildman–Crippen LogP) is 3.89. The Balaban J connectivity index is 2.12. The van der Waals surface area contributed by atoms with E-state index < -0.39 is 0 Å². The lowest BCUT2D eigenvalue weighted by molar-refractivity contribution is 0.294. The zero-order chi connectivity index (χ0) is 13.8. The molecular formula is C15H19BrN2O. The molecule has 1 heterocycles. The second-order valence-corrected chi connectivity index (χ2v) is 5.27. The third-order valence-corrected chi connectivity index (χ3v) is 4.10. The number of nitrogens with zero attached hydrogens (tertiary/aromatic N) is 2. The van der Waals surface area contributed by atoms with Crippen LogP contribution in [0.2, 0.25) is 0 Å². The van der Waals surface area contributed by atoms with Gasteiger partial charge >= 0.3 is 0 Å². The van der Waals surface area contributed by atoms with E-state index in [1.165, 1.54) is 5.56 Å². The summed E-state index contributed by atoms with van der Waals surface area (Å²) in [7, 11) is 1.95. The van der Waals surface area contributed by atoms with Crippen molar-refractivity contribution >= 4 is 15.9 Å². The Labute approximate surface area is 122 Å². The normalized spacial score (nSPS) is 10.7. The van der Waals surface area contributed by atoms with E-state index in [1.54, 1.807) is 0 Å². The second-order valence-electron chi connectivity index (χ2n) is 4.47. The van der Waals surface area contributed by atoms with E-state index >= 15 is 0 Å². The van der Waals surface area contributed by atoms with Gasteiger partial charge in [0.15, 0.2) is 0 Å². The van der Waals surface area contributed by atoms with Gasteiger partial charge in [0.1, 0.15) is 12.4 Å². The summed E-state index contributed by atoms with van der Waals surface area (Å²) in [6.45, 7) is 4.77. The first-order chi connectivity index (χ1) is 9.15. The maximum Gasteiger partial charge on any atom is 0.131 e. The van der Waals surface area contributed by atoms with Crippen LogP contribution in [0.25, 0.3) is 0 Å². The summed E-state index contributed by atoms with van der Waals surface area (Å²) in [5, 5.41) is 4.46. The zero-order valence-corrected chi connectivity index (χ0v) is 13.2. The van der Waals surface area contributed by atoms with Crippen molar-refractivity contribution in [1.29, 1.82) is 0 Å². The van der Waals surface area contributed by atoms with Gasteiger partial charge in [0.05, 0.1) is 15.9 Å². The molecule has 0 aliphatic heterocycles. The fourth-order valence-electron chi connectivity index (χ4n) is 1.98. The number of aryl methyl sites for hydroxylation is 3. The maximum absolute atomic E-state index is 5.86. The Morgan fingerprint density at radius 1 is 1.26 bits per heavy atom. The molecule has 0 saturated heterocycles. The average Bonchev–Trinajstić information content (AvgIpc) is 2.71. The van der Waals surface area contributed by atoms with Crippen LogP contribution >= 0.6 is 15.9 Å². The predicted molar refractivity (Wildman–Crippen MR) is 80.4 cm³/mol. The van der Waals surface area contributed by atoms with Gasteiger partial charge in [-0.1, -0.05) is 26.0 Å². The van der Waals surface area contributed by atoms with E-state index in [2.05, 4.69) is 47.0 Å². The molecule has 0 atom stereocenters. The van der Waals surface area contributed by atoms with Gasteiger partial charge in [-0.3, -0.25) is 4.68 Å². The molecule has 0 amide bonds. The summed E-state index contributed by atoms with van der Waals surface area (Å²) in [6.07, 6.45) is 1.94. The molecule has 0 spiro atoms. The fourth-order valence-corrected chi connectivity index (χ4v) is 2.71. The van der Waals surface area contributed by atoms with Crippen LogP contribution in [0, 0.1) is 0 Å². The highest BCUT2D eigenvalue weighted by Gasteiger charge is 2.12. The van der Waals surface area contributed by atoms with E-state index in [4.69, 9.17) is 4.74 Å². The summed E-state index contributed by atoms with van der Waals surface area (Å²) in [6, 6.07) is 8.22. The number of ether oxygens (including phenoxy) is 1. The molecule has 1 aromatic carbocycles. The molecular weight excluding hydrogens is 304 g/mol. The van der Waals surface area contributed by atoms with Crippen LogP contribution in [-0.4, -0.2) is 9.78 Å². The lowest BCUT2D eigenvalue weighted by Gasteiger charge is -2.08. The Morgan fingerprint density at radius 3 is 2.68 bits per heavy atom. The summed E-state index contributed by atoms with van der Waals surface area (Å²) in [4.78, 5) is 0. The lowest BCUT2D eigenvalue weighted by Crippen LogP contribution is -2.03. The van der Waals surface area contributed by atoms with Gasteiger partial charge in [0.25, 0.3) is 0 Å². The first kappa shape index (κ1) is 14.1. The molecule has 0 fully saturated rings. The first-order valence-electron chi connectivity index (χ1n) is 6.57. The molecule has 4 heteroatoms.